The van der Waals surface area contributed by atoms with Gasteiger partial charge in [-0.3, -0.25) is 4.90 Å². The zero-order valence-electron chi connectivity index (χ0n) is 8.96. The molecule has 0 aliphatic rings. The molecule has 0 atom stereocenters. The fourth-order valence-corrected chi connectivity index (χ4v) is 1.44. The molecular formula is C10H16F2N2O. The highest BCUT2D eigenvalue weighted by atomic mass is 19.3. The van der Waals surface area contributed by atoms with Gasteiger partial charge >= 0.3 is 0 Å². The minimum absolute atomic E-state index is 0.252. The van der Waals surface area contributed by atoms with Gasteiger partial charge in [0, 0.05) is 0 Å². The van der Waals surface area contributed by atoms with Crippen molar-refractivity contribution in [2.45, 2.75) is 26.4 Å². The molecule has 1 aromatic rings. The molecule has 0 spiro atoms. The molecular weight excluding hydrogens is 202 g/mol. The molecule has 0 aromatic carbocycles. The molecule has 0 fully saturated rings. The Bertz CT molecular complexity index is 312. The summed E-state index contributed by atoms with van der Waals surface area (Å²) >= 11 is 0. The van der Waals surface area contributed by atoms with Crippen LogP contribution in [-0.4, -0.2) is 24.9 Å². The highest BCUT2D eigenvalue weighted by Crippen LogP contribution is 2.15. The van der Waals surface area contributed by atoms with E-state index in [-0.39, 0.29) is 6.54 Å². The Morgan fingerprint density at radius 2 is 2.20 bits per heavy atom. The minimum atomic E-state index is -2.32. The number of hydrogen-bond acceptors (Lipinski definition) is 3. The highest BCUT2D eigenvalue weighted by molar-refractivity contribution is 5.19. The average Bonchev–Trinajstić information content (AvgIpc) is 2.44. The summed E-state index contributed by atoms with van der Waals surface area (Å²) < 4.78 is 29.5. The van der Waals surface area contributed by atoms with Gasteiger partial charge in [-0.25, -0.2) is 8.78 Å². The molecule has 0 bridgehead atoms. The maximum absolute atomic E-state index is 12.0. The van der Waals surface area contributed by atoms with E-state index in [1.807, 2.05) is 13.0 Å². The first-order chi connectivity index (χ1) is 7.02. The van der Waals surface area contributed by atoms with E-state index in [1.54, 1.807) is 7.05 Å². The van der Waals surface area contributed by atoms with E-state index in [4.69, 9.17) is 10.2 Å². The predicted molar refractivity (Wildman–Crippen MR) is 53.7 cm³/mol. The number of hydrogen-bond donors (Lipinski definition) is 1. The lowest BCUT2D eigenvalue weighted by Gasteiger charge is -2.13. The van der Waals surface area contributed by atoms with Crippen molar-refractivity contribution in [1.29, 1.82) is 0 Å². The summed E-state index contributed by atoms with van der Waals surface area (Å²) in [6.45, 7) is 2.36. The van der Waals surface area contributed by atoms with Crippen LogP contribution >= 0.6 is 0 Å². The number of aryl methyl sites for hydroxylation is 1. The normalized spacial score (nSPS) is 11.7. The lowest BCUT2D eigenvalue weighted by molar-refractivity contribution is 0.0944. The van der Waals surface area contributed by atoms with E-state index >= 15 is 0 Å². The van der Waals surface area contributed by atoms with Gasteiger partial charge in [0.15, 0.2) is 0 Å². The standard InChI is InChI=1S/C10H16F2N2O/c1-7-3-8(15-9(7)4-13)5-14(2)6-10(11)12/h3,10H,4-6,13H2,1-2H3. The fourth-order valence-electron chi connectivity index (χ4n) is 1.44. The van der Waals surface area contributed by atoms with Gasteiger partial charge in [-0.05, 0) is 25.6 Å². The molecule has 0 saturated heterocycles. The van der Waals surface area contributed by atoms with Crippen molar-refractivity contribution in [2.24, 2.45) is 5.73 Å². The summed E-state index contributed by atoms with van der Waals surface area (Å²) in [6, 6.07) is 1.84. The van der Waals surface area contributed by atoms with Crippen LogP contribution in [0, 0.1) is 6.92 Å². The Morgan fingerprint density at radius 1 is 1.53 bits per heavy atom. The van der Waals surface area contributed by atoms with Crippen LogP contribution in [0.3, 0.4) is 0 Å². The summed E-state index contributed by atoms with van der Waals surface area (Å²) in [7, 11) is 1.63. The molecule has 0 saturated carbocycles. The van der Waals surface area contributed by atoms with E-state index in [1.165, 1.54) is 4.90 Å². The van der Waals surface area contributed by atoms with E-state index in [2.05, 4.69) is 0 Å². The maximum Gasteiger partial charge on any atom is 0.251 e. The fraction of sp³-hybridized carbons (Fsp3) is 0.600. The number of rotatable bonds is 5. The van der Waals surface area contributed by atoms with Crippen molar-refractivity contribution >= 4 is 0 Å². The van der Waals surface area contributed by atoms with Gasteiger partial charge in [-0.1, -0.05) is 0 Å². The molecule has 0 radical (unpaired) electrons. The van der Waals surface area contributed by atoms with Crippen LogP contribution in [0.2, 0.25) is 0 Å². The molecule has 15 heavy (non-hydrogen) atoms. The van der Waals surface area contributed by atoms with Crippen LogP contribution in [0.15, 0.2) is 10.5 Å². The zero-order chi connectivity index (χ0) is 11.4. The van der Waals surface area contributed by atoms with Crippen LogP contribution in [0.25, 0.3) is 0 Å². The summed E-state index contributed by atoms with van der Waals surface area (Å²) in [4.78, 5) is 1.52. The second-order valence-corrected chi connectivity index (χ2v) is 3.61. The summed E-state index contributed by atoms with van der Waals surface area (Å²) in [5, 5.41) is 0. The van der Waals surface area contributed by atoms with E-state index in [0.29, 0.717) is 18.8 Å². The predicted octanol–water partition coefficient (Wildman–Crippen LogP) is 1.74. The maximum atomic E-state index is 12.0. The smallest absolute Gasteiger partial charge is 0.251 e. The number of nitrogens with zero attached hydrogens (tertiary/aromatic N) is 1. The van der Waals surface area contributed by atoms with Crippen molar-refractivity contribution in [3.63, 3.8) is 0 Å². The largest absolute Gasteiger partial charge is 0.463 e. The van der Waals surface area contributed by atoms with E-state index in [0.717, 1.165) is 11.3 Å². The number of alkyl halides is 2. The lowest BCUT2D eigenvalue weighted by atomic mass is 10.2. The number of nitrogens with two attached hydrogens (primary N) is 1. The molecule has 3 nitrogen and oxygen atoms in total. The first kappa shape index (κ1) is 12.1. The Hall–Kier alpha value is -0.940. The Balaban J connectivity index is 2.56. The molecule has 1 heterocycles. The third kappa shape index (κ3) is 3.60. The van der Waals surface area contributed by atoms with E-state index in [9.17, 15) is 8.78 Å². The molecule has 1 aromatic heterocycles. The summed E-state index contributed by atoms with van der Waals surface area (Å²) in [5.74, 6) is 1.39. The van der Waals surface area contributed by atoms with Crippen LogP contribution in [-0.2, 0) is 13.1 Å². The minimum Gasteiger partial charge on any atom is -0.463 e. The van der Waals surface area contributed by atoms with Crippen molar-refractivity contribution in [3.8, 4) is 0 Å². The second-order valence-electron chi connectivity index (χ2n) is 3.61. The van der Waals surface area contributed by atoms with Gasteiger partial charge in [0.25, 0.3) is 6.43 Å². The van der Waals surface area contributed by atoms with E-state index < -0.39 is 6.43 Å². The van der Waals surface area contributed by atoms with Crippen LogP contribution in [0.1, 0.15) is 17.1 Å². The number of halogens is 2. The second kappa shape index (κ2) is 5.23. The van der Waals surface area contributed by atoms with Crippen LogP contribution < -0.4 is 5.73 Å². The monoisotopic (exact) mass is 218 g/mol. The van der Waals surface area contributed by atoms with Crippen LogP contribution in [0.5, 0.6) is 0 Å². The molecule has 0 aliphatic heterocycles. The van der Waals surface area contributed by atoms with Gasteiger partial charge in [-0.15, -0.1) is 0 Å². The zero-order valence-corrected chi connectivity index (χ0v) is 8.96. The Labute approximate surface area is 87.8 Å². The molecule has 0 unspecified atom stereocenters. The molecule has 1 rings (SSSR count). The molecule has 5 heteroatoms. The Morgan fingerprint density at radius 3 is 2.67 bits per heavy atom. The SMILES string of the molecule is Cc1cc(CN(C)CC(F)F)oc1CN. The van der Waals surface area contributed by atoms with Crippen molar-refractivity contribution < 1.29 is 13.2 Å². The molecule has 86 valence electrons. The van der Waals surface area contributed by atoms with Crippen molar-refractivity contribution in [1.82, 2.24) is 4.90 Å². The van der Waals surface area contributed by atoms with Crippen LogP contribution in [0.4, 0.5) is 8.78 Å². The average molecular weight is 218 g/mol. The topological polar surface area (TPSA) is 42.4 Å². The van der Waals surface area contributed by atoms with Crippen molar-refractivity contribution in [3.05, 3.63) is 23.2 Å². The molecule has 0 aliphatic carbocycles. The third-order valence-electron chi connectivity index (χ3n) is 2.13. The summed E-state index contributed by atoms with van der Waals surface area (Å²) in [5.41, 5.74) is 6.42. The van der Waals surface area contributed by atoms with Crippen molar-refractivity contribution in [2.75, 3.05) is 13.6 Å². The number of furan rings is 1. The van der Waals surface area contributed by atoms with Gasteiger partial charge in [0.2, 0.25) is 0 Å². The van der Waals surface area contributed by atoms with Gasteiger partial charge < -0.3 is 10.2 Å². The van der Waals surface area contributed by atoms with Gasteiger partial charge in [0.05, 0.1) is 19.6 Å². The molecule has 0 amide bonds. The molecule has 2 N–H and O–H groups in total. The third-order valence-corrected chi connectivity index (χ3v) is 2.13. The Kier molecular flexibility index (Phi) is 4.23. The van der Waals surface area contributed by atoms with Gasteiger partial charge in [0.1, 0.15) is 11.5 Å². The van der Waals surface area contributed by atoms with Gasteiger partial charge in [-0.2, -0.15) is 0 Å². The lowest BCUT2D eigenvalue weighted by Crippen LogP contribution is -2.23. The summed E-state index contributed by atoms with van der Waals surface area (Å²) in [6.07, 6.45) is -2.32. The highest BCUT2D eigenvalue weighted by Gasteiger charge is 2.11. The first-order valence-corrected chi connectivity index (χ1v) is 4.78. The first-order valence-electron chi connectivity index (χ1n) is 4.78. The quantitative estimate of drug-likeness (QED) is 0.818.